The number of anilines is 1. The molecule has 0 radical (unpaired) electrons. The van der Waals surface area contributed by atoms with Crippen LogP contribution in [-0.4, -0.2) is 58.8 Å². The molecule has 1 aliphatic heterocycles. The highest BCUT2D eigenvalue weighted by Gasteiger charge is 2.19. The molecule has 0 unspecified atom stereocenters. The predicted octanol–water partition coefficient (Wildman–Crippen LogP) is 1.68. The summed E-state index contributed by atoms with van der Waals surface area (Å²) < 4.78 is 1.84. The van der Waals surface area contributed by atoms with Crippen LogP contribution in [-0.2, 0) is 13.1 Å². The van der Waals surface area contributed by atoms with Crippen molar-refractivity contribution >= 4 is 11.7 Å². The molecular weight excluding hydrogens is 328 g/mol. The SMILES string of the molecule is CCCn1cc(C(=O)NCc2cccnc2N2CCN(C)CC2)c(C)n1. The third-order valence-corrected chi connectivity index (χ3v) is 4.75. The number of aryl methyl sites for hydroxylation is 2. The van der Waals surface area contributed by atoms with Crippen LogP contribution in [0.2, 0.25) is 0 Å². The van der Waals surface area contributed by atoms with Gasteiger partial charge in [0.1, 0.15) is 5.82 Å². The van der Waals surface area contributed by atoms with E-state index < -0.39 is 0 Å². The van der Waals surface area contributed by atoms with Crippen molar-refractivity contribution in [3.05, 3.63) is 41.3 Å². The Bertz CT molecular complexity index is 748. The zero-order valence-electron chi connectivity index (χ0n) is 15.9. The molecule has 3 heterocycles. The molecule has 1 saturated heterocycles. The molecule has 1 aliphatic rings. The van der Waals surface area contributed by atoms with Crippen molar-refractivity contribution in [3.63, 3.8) is 0 Å². The first-order valence-electron chi connectivity index (χ1n) is 9.28. The largest absolute Gasteiger partial charge is 0.354 e. The molecule has 3 rings (SSSR count). The quantitative estimate of drug-likeness (QED) is 0.853. The van der Waals surface area contributed by atoms with Gasteiger partial charge in [-0.3, -0.25) is 9.48 Å². The Hall–Kier alpha value is -2.41. The number of amides is 1. The Kier molecular flexibility index (Phi) is 5.88. The van der Waals surface area contributed by atoms with Crippen LogP contribution in [0.5, 0.6) is 0 Å². The Labute approximate surface area is 155 Å². The van der Waals surface area contributed by atoms with E-state index in [4.69, 9.17) is 0 Å². The average Bonchev–Trinajstić information content (AvgIpc) is 3.01. The summed E-state index contributed by atoms with van der Waals surface area (Å²) in [6, 6.07) is 3.96. The predicted molar refractivity (Wildman–Crippen MR) is 102 cm³/mol. The second-order valence-corrected chi connectivity index (χ2v) is 6.85. The summed E-state index contributed by atoms with van der Waals surface area (Å²) in [5.74, 6) is 0.886. The van der Waals surface area contributed by atoms with Crippen molar-refractivity contribution in [1.29, 1.82) is 0 Å². The molecule has 2 aromatic heterocycles. The molecule has 0 atom stereocenters. The molecule has 7 heteroatoms. The lowest BCUT2D eigenvalue weighted by Gasteiger charge is -2.34. The van der Waals surface area contributed by atoms with Crippen LogP contribution >= 0.6 is 0 Å². The Morgan fingerprint density at radius 1 is 1.27 bits per heavy atom. The fourth-order valence-electron chi connectivity index (χ4n) is 3.23. The standard InChI is InChI=1S/C19H28N6O/c1-4-8-25-14-17(15(2)22-25)19(26)21-13-16-6-5-7-20-18(16)24-11-9-23(3)10-12-24/h5-7,14H,4,8-13H2,1-3H3,(H,21,26). The third-order valence-electron chi connectivity index (χ3n) is 4.75. The highest BCUT2D eigenvalue weighted by molar-refractivity contribution is 5.95. The van der Waals surface area contributed by atoms with Crippen LogP contribution in [0, 0.1) is 6.92 Å². The molecule has 0 bridgehead atoms. The normalized spacial score (nSPS) is 15.3. The Morgan fingerprint density at radius 2 is 2.04 bits per heavy atom. The smallest absolute Gasteiger partial charge is 0.255 e. The van der Waals surface area contributed by atoms with Gasteiger partial charge in [-0.25, -0.2) is 4.98 Å². The number of pyridine rings is 1. The van der Waals surface area contributed by atoms with E-state index in [1.54, 1.807) is 0 Å². The van der Waals surface area contributed by atoms with Gasteiger partial charge in [-0.1, -0.05) is 13.0 Å². The van der Waals surface area contributed by atoms with Crippen LogP contribution in [0.25, 0.3) is 0 Å². The number of hydrogen-bond acceptors (Lipinski definition) is 5. The van der Waals surface area contributed by atoms with Crippen LogP contribution in [0.3, 0.4) is 0 Å². The number of carbonyl (C=O) groups excluding carboxylic acids is 1. The highest BCUT2D eigenvalue weighted by atomic mass is 16.1. The number of piperazine rings is 1. The highest BCUT2D eigenvalue weighted by Crippen LogP contribution is 2.19. The van der Waals surface area contributed by atoms with Gasteiger partial charge in [0.05, 0.1) is 11.3 Å². The zero-order chi connectivity index (χ0) is 18.5. The second kappa shape index (κ2) is 8.31. The number of nitrogens with zero attached hydrogens (tertiary/aromatic N) is 5. The van der Waals surface area contributed by atoms with Crippen LogP contribution in [0.4, 0.5) is 5.82 Å². The van der Waals surface area contributed by atoms with Gasteiger partial charge < -0.3 is 15.1 Å². The maximum atomic E-state index is 12.6. The first-order chi connectivity index (χ1) is 12.6. The summed E-state index contributed by atoms with van der Waals surface area (Å²) in [5, 5.41) is 7.44. The van der Waals surface area contributed by atoms with E-state index in [1.807, 2.05) is 36.1 Å². The van der Waals surface area contributed by atoms with Gasteiger partial charge in [0.25, 0.3) is 5.91 Å². The summed E-state index contributed by atoms with van der Waals surface area (Å²) in [5.41, 5.74) is 2.45. The van der Waals surface area contributed by atoms with E-state index in [2.05, 4.69) is 39.2 Å². The lowest BCUT2D eigenvalue weighted by atomic mass is 10.2. The molecule has 7 nitrogen and oxygen atoms in total. The van der Waals surface area contributed by atoms with Gasteiger partial charge in [0.15, 0.2) is 0 Å². The van der Waals surface area contributed by atoms with Gasteiger partial charge >= 0.3 is 0 Å². The van der Waals surface area contributed by atoms with E-state index in [0.717, 1.165) is 56.2 Å². The summed E-state index contributed by atoms with van der Waals surface area (Å²) in [4.78, 5) is 21.8. The molecule has 2 aromatic rings. The van der Waals surface area contributed by atoms with Crippen LogP contribution in [0.1, 0.15) is 35.0 Å². The molecular formula is C19H28N6O. The number of carbonyl (C=O) groups is 1. The monoisotopic (exact) mass is 356 g/mol. The lowest BCUT2D eigenvalue weighted by Crippen LogP contribution is -2.45. The zero-order valence-corrected chi connectivity index (χ0v) is 15.9. The van der Waals surface area contributed by atoms with Crippen LogP contribution in [0.15, 0.2) is 24.5 Å². The Balaban J connectivity index is 1.67. The maximum absolute atomic E-state index is 12.6. The number of likely N-dealkylation sites (N-methyl/N-ethyl adjacent to an activating group) is 1. The van der Waals surface area contributed by atoms with E-state index in [9.17, 15) is 4.79 Å². The van der Waals surface area contributed by atoms with Gasteiger partial charge in [0, 0.05) is 57.2 Å². The fraction of sp³-hybridized carbons (Fsp3) is 0.526. The fourth-order valence-corrected chi connectivity index (χ4v) is 3.23. The van der Waals surface area contributed by atoms with E-state index >= 15 is 0 Å². The lowest BCUT2D eigenvalue weighted by molar-refractivity contribution is 0.0950. The molecule has 0 aromatic carbocycles. The summed E-state index contributed by atoms with van der Waals surface area (Å²) >= 11 is 0. The van der Waals surface area contributed by atoms with Crippen molar-refractivity contribution in [2.45, 2.75) is 33.4 Å². The molecule has 0 spiro atoms. The van der Waals surface area contributed by atoms with Crippen molar-refractivity contribution < 1.29 is 4.79 Å². The molecule has 26 heavy (non-hydrogen) atoms. The van der Waals surface area contributed by atoms with Crippen molar-refractivity contribution in [2.24, 2.45) is 0 Å². The Morgan fingerprint density at radius 3 is 2.77 bits per heavy atom. The van der Waals surface area contributed by atoms with Gasteiger partial charge in [-0.2, -0.15) is 5.10 Å². The minimum absolute atomic E-state index is 0.0852. The van der Waals surface area contributed by atoms with Gasteiger partial charge in [-0.05, 0) is 26.5 Å². The number of hydrogen-bond donors (Lipinski definition) is 1. The average molecular weight is 356 g/mol. The van der Waals surface area contributed by atoms with Crippen LogP contribution < -0.4 is 10.2 Å². The number of aromatic nitrogens is 3. The molecule has 140 valence electrons. The first kappa shape index (κ1) is 18.4. The minimum atomic E-state index is -0.0852. The molecule has 0 saturated carbocycles. The second-order valence-electron chi connectivity index (χ2n) is 6.85. The van der Waals surface area contributed by atoms with Crippen molar-refractivity contribution in [1.82, 2.24) is 25.0 Å². The van der Waals surface area contributed by atoms with E-state index in [-0.39, 0.29) is 5.91 Å². The summed E-state index contributed by atoms with van der Waals surface area (Å²) in [6.07, 6.45) is 4.64. The molecule has 0 aliphatic carbocycles. The van der Waals surface area contributed by atoms with Gasteiger partial charge in [0.2, 0.25) is 0 Å². The minimum Gasteiger partial charge on any atom is -0.354 e. The topological polar surface area (TPSA) is 66.3 Å². The first-order valence-corrected chi connectivity index (χ1v) is 9.28. The number of rotatable bonds is 6. The van der Waals surface area contributed by atoms with E-state index in [1.165, 1.54) is 0 Å². The summed E-state index contributed by atoms with van der Waals surface area (Å²) in [7, 11) is 2.14. The molecule has 1 fully saturated rings. The maximum Gasteiger partial charge on any atom is 0.255 e. The molecule has 1 amide bonds. The number of nitrogens with one attached hydrogen (secondary N) is 1. The third kappa shape index (κ3) is 4.22. The van der Waals surface area contributed by atoms with Crippen molar-refractivity contribution in [2.75, 3.05) is 38.1 Å². The van der Waals surface area contributed by atoms with Crippen molar-refractivity contribution in [3.8, 4) is 0 Å². The van der Waals surface area contributed by atoms with E-state index in [0.29, 0.717) is 12.1 Å². The summed E-state index contributed by atoms with van der Waals surface area (Å²) in [6.45, 7) is 9.22. The molecule has 1 N–H and O–H groups in total. The van der Waals surface area contributed by atoms with Gasteiger partial charge in [-0.15, -0.1) is 0 Å².